The summed E-state index contributed by atoms with van der Waals surface area (Å²) in [6.45, 7) is 5.79. The number of carbonyl (C=O) groups excluding carboxylic acids is 1. The summed E-state index contributed by atoms with van der Waals surface area (Å²) in [7, 11) is 0. The van der Waals surface area contributed by atoms with E-state index in [0.29, 0.717) is 44.0 Å². The highest BCUT2D eigenvalue weighted by molar-refractivity contribution is 5.67. The van der Waals surface area contributed by atoms with Gasteiger partial charge in [-0.1, -0.05) is 18.2 Å². The van der Waals surface area contributed by atoms with Crippen LogP contribution in [0.5, 0.6) is 5.75 Å². The second-order valence-electron chi connectivity index (χ2n) is 8.47. The van der Waals surface area contributed by atoms with Crippen LogP contribution in [-0.2, 0) is 11.3 Å². The van der Waals surface area contributed by atoms with Crippen molar-refractivity contribution in [1.29, 1.82) is 0 Å². The van der Waals surface area contributed by atoms with Crippen molar-refractivity contribution in [2.24, 2.45) is 0 Å². The number of aryl methyl sites for hydroxylation is 1. The molecule has 9 heteroatoms. The Bertz CT molecular complexity index is 1220. The molecule has 35 heavy (non-hydrogen) atoms. The fourth-order valence-electron chi connectivity index (χ4n) is 4.46. The van der Waals surface area contributed by atoms with Crippen molar-refractivity contribution < 1.29 is 19.0 Å². The lowest BCUT2D eigenvalue weighted by Gasteiger charge is -2.39. The molecule has 1 aliphatic rings. The highest BCUT2D eigenvalue weighted by atomic mass is 19.1. The zero-order valence-corrected chi connectivity index (χ0v) is 19.9. The summed E-state index contributed by atoms with van der Waals surface area (Å²) in [4.78, 5) is 33.9. The number of pyridine rings is 2. The Morgan fingerprint density at radius 2 is 1.86 bits per heavy atom. The van der Waals surface area contributed by atoms with Crippen LogP contribution in [0.2, 0.25) is 0 Å². The summed E-state index contributed by atoms with van der Waals surface area (Å²) in [5.41, 5.74) is 1.87. The lowest BCUT2D eigenvalue weighted by Crippen LogP contribution is -2.50. The van der Waals surface area contributed by atoms with E-state index in [1.54, 1.807) is 47.7 Å². The summed E-state index contributed by atoms with van der Waals surface area (Å²) >= 11 is 0. The predicted molar refractivity (Wildman–Crippen MR) is 129 cm³/mol. The second-order valence-corrected chi connectivity index (χ2v) is 8.47. The maximum absolute atomic E-state index is 13.8. The van der Waals surface area contributed by atoms with Crippen molar-refractivity contribution in [2.45, 2.75) is 26.4 Å². The molecular weight excluding hydrogens is 451 g/mol. The van der Waals surface area contributed by atoms with Gasteiger partial charge in [0.2, 0.25) is 0 Å². The molecule has 8 nitrogen and oxygen atoms in total. The molecule has 1 aliphatic heterocycles. The molecular formula is C26H29FN4O4. The zero-order valence-electron chi connectivity index (χ0n) is 19.9. The van der Waals surface area contributed by atoms with Crippen LogP contribution in [0.1, 0.15) is 35.5 Å². The third-order valence-electron chi connectivity index (χ3n) is 6.23. The van der Waals surface area contributed by atoms with Crippen LogP contribution in [0.25, 0.3) is 0 Å². The molecule has 1 atom stereocenters. The quantitative estimate of drug-likeness (QED) is 0.583. The van der Waals surface area contributed by atoms with Gasteiger partial charge in [-0.2, -0.15) is 0 Å². The molecule has 1 N–H and O–H groups in total. The predicted octanol–water partition coefficient (Wildman–Crippen LogP) is 3.31. The van der Waals surface area contributed by atoms with Crippen LogP contribution in [0, 0.1) is 12.7 Å². The van der Waals surface area contributed by atoms with Crippen molar-refractivity contribution >= 4 is 6.09 Å². The van der Waals surface area contributed by atoms with Gasteiger partial charge in [-0.3, -0.25) is 14.7 Å². The normalized spacial score (nSPS) is 15.1. The van der Waals surface area contributed by atoms with E-state index in [1.165, 1.54) is 12.1 Å². The maximum atomic E-state index is 13.8. The molecule has 4 rings (SSSR count). The minimum atomic E-state index is -0.622. The topological polar surface area (TPSA) is 87.9 Å². The number of carbonyl (C=O) groups is 1. The molecule has 0 aliphatic carbocycles. The average molecular weight is 481 g/mol. The molecule has 0 bridgehead atoms. The van der Waals surface area contributed by atoms with Gasteiger partial charge in [0.15, 0.2) is 0 Å². The van der Waals surface area contributed by atoms with E-state index in [1.807, 2.05) is 23.1 Å². The largest absolute Gasteiger partial charge is 0.507 e. The van der Waals surface area contributed by atoms with Crippen molar-refractivity contribution in [3.8, 4) is 5.75 Å². The van der Waals surface area contributed by atoms with Gasteiger partial charge in [0.05, 0.1) is 30.5 Å². The molecule has 0 unspecified atom stereocenters. The van der Waals surface area contributed by atoms with E-state index in [2.05, 4.69) is 4.98 Å². The molecule has 0 saturated carbocycles. The summed E-state index contributed by atoms with van der Waals surface area (Å²) in [6.07, 6.45) is 1.29. The first-order valence-electron chi connectivity index (χ1n) is 11.6. The molecule has 2 aromatic heterocycles. The molecule has 184 valence electrons. The number of nitrogens with zero attached hydrogens (tertiary/aromatic N) is 4. The Kier molecular flexibility index (Phi) is 7.45. The van der Waals surface area contributed by atoms with E-state index >= 15 is 0 Å². The Morgan fingerprint density at radius 1 is 1.14 bits per heavy atom. The van der Waals surface area contributed by atoms with Crippen molar-refractivity contribution in [3.05, 3.63) is 93.4 Å². The Balaban J connectivity index is 1.74. The molecule has 0 radical (unpaired) electrons. The number of rotatable bonds is 6. The number of aromatic nitrogens is 2. The highest BCUT2D eigenvalue weighted by Gasteiger charge is 2.32. The molecule has 1 fully saturated rings. The van der Waals surface area contributed by atoms with Crippen LogP contribution < -0.4 is 5.56 Å². The lowest BCUT2D eigenvalue weighted by molar-refractivity contribution is 0.0709. The number of halogens is 1. The number of benzene rings is 1. The van der Waals surface area contributed by atoms with E-state index in [0.717, 1.165) is 5.69 Å². The SMILES string of the molecule is CCOC(=O)N1CCN([C@H](c2ccc(F)cc2)c2c(O)cc(C)n(Cc3ccccn3)c2=O)CC1. The third kappa shape index (κ3) is 5.35. The molecule has 0 spiro atoms. The molecule has 3 heterocycles. The van der Waals surface area contributed by atoms with Gasteiger partial charge in [0.25, 0.3) is 5.56 Å². The standard InChI is InChI=1S/C26H29FN4O4/c1-3-35-26(34)30-14-12-29(13-15-30)24(19-7-9-20(27)10-8-19)23-22(32)16-18(2)31(25(23)33)17-21-6-4-5-11-28-21/h4-11,16,24,32H,3,12-15,17H2,1-2H3/t24-/m1/s1. The molecule has 1 saturated heterocycles. The minimum Gasteiger partial charge on any atom is -0.507 e. The number of hydrogen-bond donors (Lipinski definition) is 1. The van der Waals surface area contributed by atoms with E-state index in [-0.39, 0.29) is 35.3 Å². The first-order valence-corrected chi connectivity index (χ1v) is 11.6. The van der Waals surface area contributed by atoms with Gasteiger partial charge < -0.3 is 19.3 Å². The number of ether oxygens (including phenoxy) is 1. The Hall–Kier alpha value is -3.72. The van der Waals surface area contributed by atoms with Gasteiger partial charge in [-0.15, -0.1) is 0 Å². The minimum absolute atomic E-state index is 0.119. The third-order valence-corrected chi connectivity index (χ3v) is 6.23. The van der Waals surface area contributed by atoms with Crippen LogP contribution in [0.3, 0.4) is 0 Å². The van der Waals surface area contributed by atoms with E-state index < -0.39 is 6.04 Å². The van der Waals surface area contributed by atoms with Crippen LogP contribution in [0.15, 0.2) is 59.5 Å². The van der Waals surface area contributed by atoms with Crippen molar-refractivity contribution in [3.63, 3.8) is 0 Å². The zero-order chi connectivity index (χ0) is 24.9. The Labute approximate surface area is 203 Å². The molecule has 3 aromatic rings. The highest BCUT2D eigenvalue weighted by Crippen LogP contribution is 2.33. The summed E-state index contributed by atoms with van der Waals surface area (Å²) in [5.74, 6) is -0.507. The first-order chi connectivity index (χ1) is 16.9. The summed E-state index contributed by atoms with van der Waals surface area (Å²) in [6, 6.07) is 12.4. The van der Waals surface area contributed by atoms with Crippen molar-refractivity contribution in [2.75, 3.05) is 32.8 Å². The second kappa shape index (κ2) is 10.7. The number of piperazine rings is 1. The molecule has 1 amide bonds. The van der Waals surface area contributed by atoms with Gasteiger partial charge in [-0.25, -0.2) is 9.18 Å². The van der Waals surface area contributed by atoms with Crippen LogP contribution in [-0.4, -0.2) is 63.3 Å². The number of hydrogen-bond acceptors (Lipinski definition) is 6. The maximum Gasteiger partial charge on any atom is 0.409 e. The van der Waals surface area contributed by atoms with Gasteiger partial charge in [0.1, 0.15) is 11.6 Å². The lowest BCUT2D eigenvalue weighted by atomic mass is 9.96. The number of aromatic hydroxyl groups is 1. The van der Waals surface area contributed by atoms with E-state index in [9.17, 15) is 19.1 Å². The monoisotopic (exact) mass is 480 g/mol. The van der Waals surface area contributed by atoms with E-state index in [4.69, 9.17) is 4.74 Å². The van der Waals surface area contributed by atoms with Gasteiger partial charge in [-0.05, 0) is 49.7 Å². The van der Waals surface area contributed by atoms with Gasteiger partial charge >= 0.3 is 6.09 Å². The smallest absolute Gasteiger partial charge is 0.409 e. The fraction of sp³-hybridized carbons (Fsp3) is 0.346. The average Bonchev–Trinajstić information content (AvgIpc) is 2.86. The Morgan fingerprint density at radius 3 is 2.49 bits per heavy atom. The molecule has 1 aromatic carbocycles. The summed E-state index contributed by atoms with van der Waals surface area (Å²) < 4.78 is 20.4. The number of amides is 1. The first kappa shape index (κ1) is 24.4. The van der Waals surface area contributed by atoms with Crippen LogP contribution in [0.4, 0.5) is 9.18 Å². The fourth-order valence-corrected chi connectivity index (χ4v) is 4.46. The van der Waals surface area contributed by atoms with Crippen molar-refractivity contribution in [1.82, 2.24) is 19.4 Å². The van der Waals surface area contributed by atoms with Gasteiger partial charge in [0, 0.05) is 38.1 Å². The summed E-state index contributed by atoms with van der Waals surface area (Å²) in [5, 5.41) is 11.0. The van der Waals surface area contributed by atoms with Crippen LogP contribution >= 0.6 is 0 Å².